The highest BCUT2D eigenvalue weighted by Gasteiger charge is 2.09. The van der Waals surface area contributed by atoms with Crippen LogP contribution in [0.3, 0.4) is 0 Å². The van der Waals surface area contributed by atoms with Crippen molar-refractivity contribution in [2.75, 3.05) is 5.32 Å². The molecule has 4 nitrogen and oxygen atoms in total. The van der Waals surface area contributed by atoms with E-state index in [-0.39, 0.29) is 18.0 Å². The fraction of sp³-hybridized carbons (Fsp3) is 0.0588. The number of carboxylic acid groups (broad SMARTS) is 1. The number of carboxylic acids is 1. The molecule has 0 bridgehead atoms. The summed E-state index contributed by atoms with van der Waals surface area (Å²) < 4.78 is 0. The zero-order valence-electron chi connectivity index (χ0n) is 11.9. The van der Waals surface area contributed by atoms with E-state index in [1.165, 1.54) is 0 Å². The number of aryl methyl sites for hydroxylation is 1. The fourth-order valence-corrected chi connectivity index (χ4v) is 2.32. The van der Waals surface area contributed by atoms with Gasteiger partial charge in [0.15, 0.2) is 5.69 Å². The van der Waals surface area contributed by atoms with Gasteiger partial charge in [-0.2, -0.15) is 0 Å². The molecule has 0 amide bonds. The zero-order valence-corrected chi connectivity index (χ0v) is 12.7. The van der Waals surface area contributed by atoms with Crippen LogP contribution < -0.4 is 22.7 Å². The van der Waals surface area contributed by atoms with E-state index in [4.69, 9.17) is 5.11 Å². The summed E-state index contributed by atoms with van der Waals surface area (Å²) in [7, 11) is 0. The van der Waals surface area contributed by atoms with Crippen LogP contribution in [0.2, 0.25) is 0 Å². The molecule has 0 aliphatic carbocycles. The largest absolute Gasteiger partial charge is 1.00 e. The molecule has 1 aromatic heterocycles. The van der Waals surface area contributed by atoms with E-state index < -0.39 is 5.97 Å². The second-order valence-corrected chi connectivity index (χ2v) is 4.92. The summed E-state index contributed by atoms with van der Waals surface area (Å²) in [5.74, 6) is -0.919. The lowest BCUT2D eigenvalue weighted by atomic mass is 10.1. The number of hydrogen-bond acceptors (Lipinski definition) is 2. The maximum Gasteiger partial charge on any atom is 0.335 e. The number of benzene rings is 2. The Kier molecular flexibility index (Phi) is 4.63. The van der Waals surface area contributed by atoms with Gasteiger partial charge in [0.2, 0.25) is 5.52 Å². The van der Waals surface area contributed by atoms with Crippen LogP contribution in [0.1, 0.15) is 16.1 Å². The van der Waals surface area contributed by atoms with Crippen molar-refractivity contribution < 1.29 is 27.3 Å². The fourth-order valence-electron chi connectivity index (χ4n) is 2.32. The average Bonchev–Trinajstić information content (AvgIpc) is 2.47. The third kappa shape index (κ3) is 3.18. The van der Waals surface area contributed by atoms with Gasteiger partial charge in [0.25, 0.3) is 0 Å². The Morgan fingerprint density at radius 1 is 1.09 bits per heavy atom. The molecule has 3 rings (SSSR count). The maximum atomic E-state index is 10.9. The van der Waals surface area contributed by atoms with E-state index in [0.29, 0.717) is 0 Å². The highest BCUT2D eigenvalue weighted by atomic mass is 35.5. The van der Waals surface area contributed by atoms with E-state index in [1.54, 1.807) is 24.3 Å². The molecular weight excluding hydrogens is 300 g/mol. The van der Waals surface area contributed by atoms with Crippen LogP contribution in [0.25, 0.3) is 10.9 Å². The third-order valence-corrected chi connectivity index (χ3v) is 3.32. The molecule has 0 radical (unpaired) electrons. The minimum Gasteiger partial charge on any atom is -1.00 e. The lowest BCUT2D eigenvalue weighted by molar-refractivity contribution is -0.354. The first-order valence-electron chi connectivity index (χ1n) is 6.65. The number of halogens is 1. The first kappa shape index (κ1) is 15.8. The molecule has 1 heterocycles. The van der Waals surface area contributed by atoms with Gasteiger partial charge < -0.3 is 22.8 Å². The summed E-state index contributed by atoms with van der Waals surface area (Å²) in [4.78, 5) is 14.2. The number of aromatic carboxylic acids is 1. The van der Waals surface area contributed by atoms with Gasteiger partial charge in [-0.3, -0.25) is 0 Å². The van der Waals surface area contributed by atoms with E-state index in [0.717, 1.165) is 28.0 Å². The second kappa shape index (κ2) is 6.45. The molecule has 112 valence electrons. The predicted molar refractivity (Wildman–Crippen MR) is 81.9 cm³/mol. The average molecular weight is 315 g/mol. The van der Waals surface area contributed by atoms with E-state index in [2.05, 4.69) is 10.3 Å². The molecule has 3 N–H and O–H groups in total. The number of fused-ring (bicyclic) bond motifs is 1. The van der Waals surface area contributed by atoms with Gasteiger partial charge in [-0.15, -0.1) is 0 Å². The van der Waals surface area contributed by atoms with Gasteiger partial charge in [-0.05, 0) is 30.3 Å². The highest BCUT2D eigenvalue weighted by Crippen LogP contribution is 2.24. The number of aromatic nitrogens is 1. The molecular formula is C17H15ClN2O2. The number of para-hydroxylation sites is 1. The first-order chi connectivity index (χ1) is 10.1. The molecule has 3 aromatic rings. The number of nitrogens with one attached hydrogen (secondary N) is 2. The highest BCUT2D eigenvalue weighted by molar-refractivity contribution is 5.92. The smallest absolute Gasteiger partial charge is 0.335 e. The summed E-state index contributed by atoms with van der Waals surface area (Å²) in [6.45, 7) is 2.01. The Bertz CT molecular complexity index is 817. The zero-order chi connectivity index (χ0) is 14.8. The maximum absolute atomic E-state index is 10.9. The summed E-state index contributed by atoms with van der Waals surface area (Å²) in [6.07, 6.45) is 0. The number of hydrogen-bond donors (Lipinski definition) is 2. The first-order valence-corrected chi connectivity index (χ1v) is 6.65. The van der Waals surface area contributed by atoms with E-state index >= 15 is 0 Å². The summed E-state index contributed by atoms with van der Waals surface area (Å²) in [5, 5.41) is 13.3. The molecule has 0 saturated heterocycles. The monoisotopic (exact) mass is 314 g/mol. The molecule has 0 aliphatic rings. The van der Waals surface area contributed by atoms with Crippen LogP contribution in [-0.2, 0) is 0 Å². The van der Waals surface area contributed by atoms with Crippen molar-refractivity contribution >= 4 is 28.2 Å². The number of pyridine rings is 1. The predicted octanol–water partition coefficient (Wildman–Crippen LogP) is 0.408. The summed E-state index contributed by atoms with van der Waals surface area (Å²) in [6, 6.07) is 16.8. The molecule has 0 fully saturated rings. The molecule has 0 aliphatic heterocycles. The molecule has 22 heavy (non-hydrogen) atoms. The Morgan fingerprint density at radius 3 is 2.45 bits per heavy atom. The van der Waals surface area contributed by atoms with Crippen molar-refractivity contribution in [1.29, 1.82) is 0 Å². The minimum atomic E-state index is -0.919. The van der Waals surface area contributed by atoms with Crippen molar-refractivity contribution in [3.05, 3.63) is 65.9 Å². The van der Waals surface area contributed by atoms with Gasteiger partial charge in [0.05, 0.1) is 16.6 Å². The molecule has 2 aromatic carbocycles. The van der Waals surface area contributed by atoms with Crippen LogP contribution in [0, 0.1) is 6.92 Å². The van der Waals surface area contributed by atoms with Gasteiger partial charge in [-0.25, -0.2) is 9.78 Å². The van der Waals surface area contributed by atoms with Gasteiger partial charge >= 0.3 is 5.97 Å². The molecule has 0 saturated carbocycles. The van der Waals surface area contributed by atoms with Crippen LogP contribution in [-0.4, -0.2) is 11.1 Å². The van der Waals surface area contributed by atoms with Crippen molar-refractivity contribution in [1.82, 2.24) is 0 Å². The SMILES string of the molecule is Cc1cc(Nc2ccc(C(=O)O)cc2)c2ccccc2[nH+]1.[Cl-]. The lowest BCUT2D eigenvalue weighted by Crippen LogP contribution is -3.00. The van der Waals surface area contributed by atoms with Crippen LogP contribution in [0.15, 0.2) is 54.6 Å². The standard InChI is InChI=1S/C17H14N2O2.ClH/c1-11-10-16(14-4-2-3-5-15(14)18-11)19-13-8-6-12(7-9-13)17(20)21;/h2-10H,1H3,(H,18,19)(H,20,21);1H. The summed E-state index contributed by atoms with van der Waals surface area (Å²) >= 11 is 0. The normalized spacial score (nSPS) is 10.0. The topological polar surface area (TPSA) is 63.5 Å². The number of aromatic amines is 1. The van der Waals surface area contributed by atoms with E-state index in [1.807, 2.05) is 37.3 Å². The quantitative estimate of drug-likeness (QED) is 0.736. The van der Waals surface area contributed by atoms with Crippen LogP contribution in [0.5, 0.6) is 0 Å². The third-order valence-electron chi connectivity index (χ3n) is 3.32. The number of carbonyl (C=O) groups is 1. The Hall–Kier alpha value is -2.59. The van der Waals surface area contributed by atoms with Crippen LogP contribution in [0.4, 0.5) is 11.4 Å². The Morgan fingerprint density at radius 2 is 1.77 bits per heavy atom. The Labute approximate surface area is 134 Å². The van der Waals surface area contributed by atoms with Gasteiger partial charge in [0.1, 0.15) is 0 Å². The molecule has 0 spiro atoms. The number of rotatable bonds is 3. The van der Waals surface area contributed by atoms with Crippen LogP contribution >= 0.6 is 0 Å². The van der Waals surface area contributed by atoms with E-state index in [9.17, 15) is 4.79 Å². The van der Waals surface area contributed by atoms with Crippen molar-refractivity contribution in [3.63, 3.8) is 0 Å². The minimum absolute atomic E-state index is 0. The number of anilines is 2. The van der Waals surface area contributed by atoms with Crippen molar-refractivity contribution in [3.8, 4) is 0 Å². The second-order valence-electron chi connectivity index (χ2n) is 4.92. The molecule has 0 unspecified atom stereocenters. The van der Waals surface area contributed by atoms with Crippen molar-refractivity contribution in [2.45, 2.75) is 6.92 Å². The van der Waals surface area contributed by atoms with Gasteiger partial charge in [-0.1, -0.05) is 12.1 Å². The summed E-state index contributed by atoms with van der Waals surface area (Å²) in [5.41, 5.74) is 4.24. The van der Waals surface area contributed by atoms with Gasteiger partial charge in [0, 0.05) is 24.7 Å². The van der Waals surface area contributed by atoms with Crippen molar-refractivity contribution in [2.24, 2.45) is 0 Å². The molecule has 0 atom stereocenters. The Balaban J connectivity index is 0.00000176. The molecule has 5 heteroatoms. The lowest BCUT2D eigenvalue weighted by Gasteiger charge is -2.08. The number of H-pyrrole nitrogens is 1.